The smallest absolute Gasteiger partial charge is 0.421 e. The predicted octanol–water partition coefficient (Wildman–Crippen LogP) is -1.99. The fourth-order valence-electron chi connectivity index (χ4n) is 1.26. The molecule has 1 amide bonds. The van der Waals surface area contributed by atoms with Gasteiger partial charge in [0.05, 0.1) is 18.8 Å². The van der Waals surface area contributed by atoms with Crippen molar-refractivity contribution in [3.63, 3.8) is 0 Å². The van der Waals surface area contributed by atoms with Crippen molar-refractivity contribution in [3.8, 4) is 0 Å². The molecule has 9 heteroatoms. The minimum Gasteiger partial charge on any atom is -0.449 e. The van der Waals surface area contributed by atoms with Crippen molar-refractivity contribution < 1.29 is 28.2 Å². The molecule has 3 N–H and O–H groups in total. The Balaban J connectivity index is 2.62. The van der Waals surface area contributed by atoms with Crippen molar-refractivity contribution in [1.82, 2.24) is 9.03 Å². The normalized spacial score (nSPS) is 26.7. The molecular weight excluding hydrogens is 240 g/mol. The Labute approximate surface area is 93.0 Å². The van der Waals surface area contributed by atoms with Gasteiger partial charge in [-0.05, 0) is 6.92 Å². The van der Waals surface area contributed by atoms with E-state index in [0.717, 1.165) is 4.31 Å². The molecule has 1 aliphatic rings. The summed E-state index contributed by atoms with van der Waals surface area (Å²) >= 11 is 0. The van der Waals surface area contributed by atoms with Crippen molar-refractivity contribution >= 4 is 16.3 Å². The summed E-state index contributed by atoms with van der Waals surface area (Å²) in [5.41, 5.74) is 0. The SMILES string of the molecule is CCOC(=O)NS(=O)(=O)N1C[C@@H](O)[C@@H](O)C1. The number of nitrogens with zero attached hydrogens (tertiary/aromatic N) is 1. The van der Waals surface area contributed by atoms with Gasteiger partial charge in [0.1, 0.15) is 0 Å². The maximum Gasteiger partial charge on any atom is 0.421 e. The van der Waals surface area contributed by atoms with Gasteiger partial charge < -0.3 is 14.9 Å². The van der Waals surface area contributed by atoms with E-state index in [1.165, 1.54) is 6.92 Å². The molecule has 1 saturated heterocycles. The highest BCUT2D eigenvalue weighted by Crippen LogP contribution is 2.13. The average molecular weight is 254 g/mol. The maximum atomic E-state index is 11.5. The van der Waals surface area contributed by atoms with Crippen molar-refractivity contribution in [2.45, 2.75) is 19.1 Å². The zero-order valence-corrected chi connectivity index (χ0v) is 9.48. The van der Waals surface area contributed by atoms with Crippen LogP contribution < -0.4 is 4.72 Å². The first-order chi connectivity index (χ1) is 7.36. The number of carbonyl (C=O) groups is 1. The van der Waals surface area contributed by atoms with Crippen LogP contribution in [0.1, 0.15) is 6.92 Å². The Morgan fingerprint density at radius 2 is 1.94 bits per heavy atom. The molecule has 2 atom stereocenters. The number of carbonyl (C=O) groups excluding carboxylic acids is 1. The van der Waals surface area contributed by atoms with Crippen LogP contribution in [0.2, 0.25) is 0 Å². The molecular formula is C7H14N2O6S. The molecule has 0 aromatic carbocycles. The summed E-state index contributed by atoms with van der Waals surface area (Å²) in [7, 11) is -4.06. The van der Waals surface area contributed by atoms with Crippen LogP contribution >= 0.6 is 0 Å². The van der Waals surface area contributed by atoms with E-state index >= 15 is 0 Å². The van der Waals surface area contributed by atoms with Crippen LogP contribution in [0.4, 0.5) is 4.79 Å². The molecule has 1 fully saturated rings. The number of amides is 1. The summed E-state index contributed by atoms with van der Waals surface area (Å²) in [5.74, 6) is 0. The molecule has 8 nitrogen and oxygen atoms in total. The number of hydrogen-bond acceptors (Lipinski definition) is 6. The topological polar surface area (TPSA) is 116 Å². The van der Waals surface area contributed by atoms with Crippen molar-refractivity contribution in [3.05, 3.63) is 0 Å². The van der Waals surface area contributed by atoms with Gasteiger partial charge in [-0.15, -0.1) is 0 Å². The monoisotopic (exact) mass is 254 g/mol. The second kappa shape index (κ2) is 4.95. The standard InChI is InChI=1S/C7H14N2O6S/c1-2-15-7(12)8-16(13,14)9-3-5(10)6(11)4-9/h5-6,10-11H,2-4H2,1H3,(H,8,12)/t5-,6+. The van der Waals surface area contributed by atoms with Gasteiger partial charge in [-0.25, -0.2) is 9.52 Å². The van der Waals surface area contributed by atoms with E-state index in [9.17, 15) is 13.2 Å². The van der Waals surface area contributed by atoms with Crippen LogP contribution in [0.25, 0.3) is 0 Å². The van der Waals surface area contributed by atoms with Crippen molar-refractivity contribution in [1.29, 1.82) is 0 Å². The molecule has 1 heterocycles. The molecule has 0 spiro atoms. The molecule has 0 aromatic rings. The van der Waals surface area contributed by atoms with E-state index in [2.05, 4.69) is 4.74 Å². The second-order valence-corrected chi connectivity index (χ2v) is 4.95. The summed E-state index contributed by atoms with van der Waals surface area (Å²) in [6.07, 6.45) is -3.36. The lowest BCUT2D eigenvalue weighted by molar-refractivity contribution is 0.0572. The number of aliphatic hydroxyl groups excluding tert-OH is 2. The van der Waals surface area contributed by atoms with Crippen LogP contribution in [0, 0.1) is 0 Å². The first-order valence-electron chi connectivity index (χ1n) is 4.67. The van der Waals surface area contributed by atoms with Gasteiger partial charge in [0, 0.05) is 13.1 Å². The molecule has 0 unspecified atom stereocenters. The predicted molar refractivity (Wildman–Crippen MR) is 52.7 cm³/mol. The number of aliphatic hydroxyl groups is 2. The van der Waals surface area contributed by atoms with E-state index in [-0.39, 0.29) is 19.7 Å². The maximum absolute atomic E-state index is 11.5. The lowest BCUT2D eigenvalue weighted by Crippen LogP contribution is -2.43. The first kappa shape index (κ1) is 13.2. The molecule has 16 heavy (non-hydrogen) atoms. The molecule has 0 aromatic heterocycles. The molecule has 0 aliphatic carbocycles. The number of rotatable bonds is 3. The van der Waals surface area contributed by atoms with E-state index in [1.807, 2.05) is 0 Å². The van der Waals surface area contributed by atoms with Gasteiger partial charge in [-0.2, -0.15) is 12.7 Å². The van der Waals surface area contributed by atoms with Gasteiger partial charge in [0.2, 0.25) is 0 Å². The van der Waals surface area contributed by atoms with Crippen LogP contribution in [0.3, 0.4) is 0 Å². The summed E-state index contributed by atoms with van der Waals surface area (Å²) in [6, 6.07) is 0. The molecule has 1 aliphatic heterocycles. The van der Waals surface area contributed by atoms with Gasteiger partial charge >= 0.3 is 16.3 Å². The van der Waals surface area contributed by atoms with Gasteiger partial charge in [-0.3, -0.25) is 0 Å². The first-order valence-corrected chi connectivity index (χ1v) is 6.11. The summed E-state index contributed by atoms with van der Waals surface area (Å²) in [5, 5.41) is 18.3. The number of hydrogen-bond donors (Lipinski definition) is 3. The third-order valence-corrected chi connectivity index (χ3v) is 3.46. The average Bonchev–Trinajstić information content (AvgIpc) is 2.47. The summed E-state index contributed by atoms with van der Waals surface area (Å²) < 4.78 is 29.8. The zero-order valence-electron chi connectivity index (χ0n) is 8.66. The molecule has 0 radical (unpaired) electrons. The highest BCUT2D eigenvalue weighted by atomic mass is 32.2. The van der Waals surface area contributed by atoms with Gasteiger partial charge in [0.15, 0.2) is 0 Å². The summed E-state index contributed by atoms with van der Waals surface area (Å²) in [6.45, 7) is 1.08. The highest BCUT2D eigenvalue weighted by Gasteiger charge is 2.37. The zero-order chi connectivity index (χ0) is 12.3. The highest BCUT2D eigenvalue weighted by molar-refractivity contribution is 7.87. The van der Waals surface area contributed by atoms with Crippen molar-refractivity contribution in [2.75, 3.05) is 19.7 Å². The Hall–Kier alpha value is -0.900. The number of nitrogens with one attached hydrogen (secondary N) is 1. The van der Waals surface area contributed by atoms with Crippen LogP contribution in [-0.4, -0.2) is 60.9 Å². The van der Waals surface area contributed by atoms with Crippen molar-refractivity contribution in [2.24, 2.45) is 0 Å². The van der Waals surface area contributed by atoms with E-state index in [0.29, 0.717) is 0 Å². The fourth-order valence-corrected chi connectivity index (χ4v) is 2.36. The number of β-amino-alcohol motifs (C(OH)–C–C–N with tert-alkyl or cyclic N) is 2. The minimum atomic E-state index is -4.06. The van der Waals surface area contributed by atoms with Crippen LogP contribution in [-0.2, 0) is 14.9 Å². The van der Waals surface area contributed by atoms with Crippen LogP contribution in [0.15, 0.2) is 0 Å². The Morgan fingerprint density at radius 1 is 1.44 bits per heavy atom. The molecule has 0 saturated carbocycles. The van der Waals surface area contributed by atoms with Gasteiger partial charge in [0.25, 0.3) is 0 Å². The van der Waals surface area contributed by atoms with E-state index < -0.39 is 28.5 Å². The third-order valence-electron chi connectivity index (χ3n) is 2.05. The van der Waals surface area contributed by atoms with E-state index in [1.54, 1.807) is 4.72 Å². The largest absolute Gasteiger partial charge is 0.449 e. The van der Waals surface area contributed by atoms with Gasteiger partial charge in [-0.1, -0.05) is 0 Å². The second-order valence-electron chi connectivity index (χ2n) is 3.28. The number of ether oxygens (including phenoxy) is 1. The lowest BCUT2D eigenvalue weighted by atomic mass is 10.3. The quantitative estimate of drug-likeness (QED) is 0.537. The minimum absolute atomic E-state index is 0.0482. The Kier molecular flexibility index (Phi) is 4.08. The summed E-state index contributed by atoms with van der Waals surface area (Å²) in [4.78, 5) is 10.9. The van der Waals surface area contributed by atoms with E-state index in [4.69, 9.17) is 10.2 Å². The van der Waals surface area contributed by atoms with Crippen LogP contribution in [0.5, 0.6) is 0 Å². The lowest BCUT2D eigenvalue weighted by Gasteiger charge is -2.15. The molecule has 1 rings (SSSR count). The Morgan fingerprint density at radius 3 is 2.38 bits per heavy atom. The molecule has 94 valence electrons. The Bertz CT molecular complexity index is 346. The fraction of sp³-hybridized carbons (Fsp3) is 0.857. The molecule has 0 bridgehead atoms. The third kappa shape index (κ3) is 3.04.